The van der Waals surface area contributed by atoms with Crippen molar-refractivity contribution in [1.82, 2.24) is 0 Å². The zero-order valence-corrected chi connectivity index (χ0v) is 12.3. The van der Waals surface area contributed by atoms with Crippen LogP contribution in [0.2, 0.25) is 0 Å². The standard InChI is InChI=1S/C13H20O4S/c1-10-7-6-8-11(17-9-16-5)12(10)18(14,15)13(2,3)4/h6-8H,9H2,1-5H3. The number of methoxy groups -OCH3 is 1. The van der Waals surface area contributed by atoms with Gasteiger partial charge in [0, 0.05) is 7.11 Å². The molecule has 0 aromatic heterocycles. The van der Waals surface area contributed by atoms with Crippen LogP contribution in [0.1, 0.15) is 26.3 Å². The van der Waals surface area contributed by atoms with Gasteiger partial charge in [-0.15, -0.1) is 0 Å². The fourth-order valence-corrected chi connectivity index (χ4v) is 3.01. The van der Waals surface area contributed by atoms with Gasteiger partial charge >= 0.3 is 0 Å². The van der Waals surface area contributed by atoms with Gasteiger partial charge in [0.15, 0.2) is 16.6 Å². The summed E-state index contributed by atoms with van der Waals surface area (Å²) in [6, 6.07) is 5.17. The summed E-state index contributed by atoms with van der Waals surface area (Å²) in [4.78, 5) is 0.245. The molecule has 5 heteroatoms. The molecule has 0 N–H and O–H groups in total. The molecule has 0 radical (unpaired) electrons. The van der Waals surface area contributed by atoms with E-state index in [4.69, 9.17) is 9.47 Å². The van der Waals surface area contributed by atoms with Gasteiger partial charge < -0.3 is 9.47 Å². The molecule has 0 atom stereocenters. The fraction of sp³-hybridized carbons (Fsp3) is 0.538. The molecule has 1 rings (SSSR count). The van der Waals surface area contributed by atoms with Crippen LogP contribution in [0, 0.1) is 6.92 Å². The number of hydrogen-bond acceptors (Lipinski definition) is 4. The Balaban J connectivity index is 3.39. The van der Waals surface area contributed by atoms with Crippen molar-refractivity contribution in [3.8, 4) is 5.75 Å². The molecule has 0 spiro atoms. The quantitative estimate of drug-likeness (QED) is 0.790. The van der Waals surface area contributed by atoms with Crippen LogP contribution in [-0.4, -0.2) is 27.1 Å². The first-order chi connectivity index (χ1) is 8.21. The Hall–Kier alpha value is -1.07. The molecule has 0 saturated carbocycles. The Morgan fingerprint density at radius 2 is 1.83 bits per heavy atom. The van der Waals surface area contributed by atoms with Gasteiger partial charge in [-0.2, -0.15) is 0 Å². The third-order valence-electron chi connectivity index (χ3n) is 2.58. The van der Waals surface area contributed by atoms with Crippen LogP contribution in [0.3, 0.4) is 0 Å². The second kappa shape index (κ2) is 5.28. The maximum Gasteiger partial charge on any atom is 0.188 e. The smallest absolute Gasteiger partial charge is 0.188 e. The molecule has 18 heavy (non-hydrogen) atoms. The number of benzene rings is 1. The van der Waals surface area contributed by atoms with Crippen molar-refractivity contribution in [2.24, 2.45) is 0 Å². The second-order valence-electron chi connectivity index (χ2n) is 5.07. The van der Waals surface area contributed by atoms with Crippen molar-refractivity contribution in [3.63, 3.8) is 0 Å². The molecule has 102 valence electrons. The van der Waals surface area contributed by atoms with Crippen LogP contribution in [-0.2, 0) is 14.6 Å². The highest BCUT2D eigenvalue weighted by Gasteiger charge is 2.34. The van der Waals surface area contributed by atoms with Crippen LogP contribution in [0.5, 0.6) is 5.75 Å². The zero-order chi connectivity index (χ0) is 14.0. The van der Waals surface area contributed by atoms with Crippen molar-refractivity contribution in [1.29, 1.82) is 0 Å². The molecule has 4 nitrogen and oxygen atoms in total. The lowest BCUT2D eigenvalue weighted by Crippen LogP contribution is -2.29. The monoisotopic (exact) mass is 272 g/mol. The maximum absolute atomic E-state index is 12.5. The maximum atomic E-state index is 12.5. The highest BCUT2D eigenvalue weighted by atomic mass is 32.2. The first-order valence-electron chi connectivity index (χ1n) is 5.68. The Morgan fingerprint density at radius 1 is 1.22 bits per heavy atom. The van der Waals surface area contributed by atoms with E-state index in [1.54, 1.807) is 45.9 Å². The van der Waals surface area contributed by atoms with Gasteiger partial charge in [-0.25, -0.2) is 8.42 Å². The van der Waals surface area contributed by atoms with Crippen LogP contribution < -0.4 is 4.74 Å². The molecule has 1 aromatic carbocycles. The van der Waals surface area contributed by atoms with Crippen molar-refractivity contribution in [2.75, 3.05) is 13.9 Å². The van der Waals surface area contributed by atoms with Crippen molar-refractivity contribution >= 4 is 9.84 Å². The third kappa shape index (κ3) is 2.84. The molecule has 0 aliphatic carbocycles. The van der Waals surface area contributed by atoms with E-state index in [1.165, 1.54) is 7.11 Å². The van der Waals surface area contributed by atoms with Gasteiger partial charge in [0.05, 0.1) is 4.75 Å². The molecule has 0 amide bonds. The largest absolute Gasteiger partial charge is 0.466 e. The summed E-state index contributed by atoms with van der Waals surface area (Å²) in [6.07, 6.45) is 0. The average Bonchev–Trinajstić information content (AvgIpc) is 2.24. The van der Waals surface area contributed by atoms with Gasteiger partial charge in [0.2, 0.25) is 0 Å². The second-order valence-corrected chi connectivity index (χ2v) is 7.71. The van der Waals surface area contributed by atoms with E-state index in [0.29, 0.717) is 11.3 Å². The predicted octanol–water partition coefficient (Wildman–Crippen LogP) is 2.55. The van der Waals surface area contributed by atoms with Gasteiger partial charge in [0.25, 0.3) is 0 Å². The minimum atomic E-state index is -3.45. The molecule has 1 aromatic rings. The molecule has 0 aliphatic rings. The van der Waals surface area contributed by atoms with Crippen molar-refractivity contribution in [2.45, 2.75) is 37.3 Å². The number of aryl methyl sites for hydroxylation is 1. The van der Waals surface area contributed by atoms with E-state index in [-0.39, 0.29) is 11.7 Å². The Labute approximate surface area is 109 Å². The summed E-state index contributed by atoms with van der Waals surface area (Å²) in [6.45, 7) is 6.81. The SMILES string of the molecule is COCOc1cccc(C)c1S(=O)(=O)C(C)(C)C. The van der Waals surface area contributed by atoms with Crippen LogP contribution in [0.4, 0.5) is 0 Å². The highest BCUT2D eigenvalue weighted by Crippen LogP contribution is 2.34. The van der Waals surface area contributed by atoms with Crippen LogP contribution in [0.25, 0.3) is 0 Å². The van der Waals surface area contributed by atoms with E-state index in [1.807, 2.05) is 0 Å². The van der Waals surface area contributed by atoms with E-state index >= 15 is 0 Å². The topological polar surface area (TPSA) is 52.6 Å². The normalized spacial score (nSPS) is 12.5. The van der Waals surface area contributed by atoms with Gasteiger partial charge in [-0.1, -0.05) is 12.1 Å². The average molecular weight is 272 g/mol. The number of hydrogen-bond donors (Lipinski definition) is 0. The van der Waals surface area contributed by atoms with E-state index < -0.39 is 14.6 Å². The summed E-state index contributed by atoms with van der Waals surface area (Å²) in [5, 5.41) is 0. The van der Waals surface area contributed by atoms with Gasteiger partial charge in [-0.3, -0.25) is 0 Å². The summed E-state index contributed by atoms with van der Waals surface area (Å²) in [5.74, 6) is 0.340. The third-order valence-corrected chi connectivity index (χ3v) is 5.26. The molecule has 0 aliphatic heterocycles. The first-order valence-corrected chi connectivity index (χ1v) is 7.16. The zero-order valence-electron chi connectivity index (χ0n) is 11.5. The van der Waals surface area contributed by atoms with E-state index in [0.717, 1.165) is 0 Å². The van der Waals surface area contributed by atoms with Gasteiger partial charge in [-0.05, 0) is 39.3 Å². The molecular formula is C13H20O4S. The van der Waals surface area contributed by atoms with Crippen LogP contribution >= 0.6 is 0 Å². The van der Waals surface area contributed by atoms with Crippen molar-refractivity contribution < 1.29 is 17.9 Å². The summed E-state index contributed by atoms with van der Waals surface area (Å²) < 4.78 is 34.4. The lowest BCUT2D eigenvalue weighted by Gasteiger charge is -2.22. The summed E-state index contributed by atoms with van der Waals surface area (Å²) in [7, 11) is -1.95. The molecule has 0 saturated heterocycles. The number of sulfone groups is 1. The van der Waals surface area contributed by atoms with E-state index in [9.17, 15) is 8.42 Å². The predicted molar refractivity (Wildman–Crippen MR) is 70.6 cm³/mol. The molecule has 0 fully saturated rings. The van der Waals surface area contributed by atoms with Gasteiger partial charge in [0.1, 0.15) is 10.6 Å². The fourth-order valence-electron chi connectivity index (χ4n) is 1.51. The lowest BCUT2D eigenvalue weighted by atomic mass is 10.2. The van der Waals surface area contributed by atoms with E-state index in [2.05, 4.69) is 0 Å². The lowest BCUT2D eigenvalue weighted by molar-refractivity contribution is 0.0489. The molecule has 0 heterocycles. The first kappa shape index (κ1) is 15.0. The van der Waals surface area contributed by atoms with Crippen LogP contribution in [0.15, 0.2) is 23.1 Å². The highest BCUT2D eigenvalue weighted by molar-refractivity contribution is 7.93. The van der Waals surface area contributed by atoms with Crippen molar-refractivity contribution in [3.05, 3.63) is 23.8 Å². The Morgan fingerprint density at radius 3 is 2.33 bits per heavy atom. The summed E-state index contributed by atoms with van der Waals surface area (Å²) in [5.41, 5.74) is 0.679. The Bertz CT molecular complexity index is 512. The molecular weight excluding hydrogens is 252 g/mol. The Kier molecular flexibility index (Phi) is 4.40. The molecule has 0 bridgehead atoms. The summed E-state index contributed by atoms with van der Waals surface area (Å²) >= 11 is 0. The number of ether oxygens (including phenoxy) is 2. The molecule has 0 unspecified atom stereocenters. The minimum absolute atomic E-state index is 0.0239. The minimum Gasteiger partial charge on any atom is -0.466 e. The number of rotatable bonds is 4.